The van der Waals surface area contributed by atoms with Crippen molar-refractivity contribution in [3.05, 3.63) is 113 Å². The summed E-state index contributed by atoms with van der Waals surface area (Å²) < 4.78 is 0. The highest BCUT2D eigenvalue weighted by Crippen LogP contribution is 2.38. The van der Waals surface area contributed by atoms with Crippen LogP contribution in [0.25, 0.3) is 10.6 Å². The van der Waals surface area contributed by atoms with Crippen LogP contribution in [-0.4, -0.2) is 21.8 Å². The Morgan fingerprint density at radius 3 is 2.35 bits per heavy atom. The number of thioether (sulfide) groups is 1. The van der Waals surface area contributed by atoms with Crippen LogP contribution in [0.1, 0.15) is 28.1 Å². The van der Waals surface area contributed by atoms with Crippen molar-refractivity contribution < 1.29 is 9.59 Å². The number of thiocarbonyl (C=S) groups is 1. The van der Waals surface area contributed by atoms with Gasteiger partial charge in [-0.15, -0.1) is 34.4 Å². The molecule has 3 N–H and O–H groups in total. The lowest BCUT2D eigenvalue weighted by Crippen LogP contribution is -2.19. The predicted octanol–water partition coefficient (Wildman–Crippen LogP) is 8.36. The normalized spacial score (nSPS) is 11.4. The lowest BCUT2D eigenvalue weighted by molar-refractivity contribution is -0.115. The highest BCUT2D eigenvalue weighted by molar-refractivity contribution is 8.00. The number of Topliss-reactive ketones (excluding diaryl/α,β-unsaturated/α-hetero) is 1. The number of thiazole rings is 1. The Balaban J connectivity index is 1.28. The molecule has 0 bridgehead atoms. The minimum atomic E-state index is -0.490. The molecular weight excluding hydrogens is 577 g/mol. The van der Waals surface area contributed by atoms with Crippen molar-refractivity contribution in [1.29, 1.82) is 0 Å². The molecule has 2 heterocycles. The highest BCUT2D eigenvalue weighted by atomic mass is 32.2. The molecule has 200 valence electrons. The maximum atomic E-state index is 13.5. The molecule has 2 aromatic heterocycles. The first kappa shape index (κ1) is 27.7. The Kier molecular flexibility index (Phi) is 9.02. The van der Waals surface area contributed by atoms with E-state index >= 15 is 0 Å². The van der Waals surface area contributed by atoms with Gasteiger partial charge in [-0.05, 0) is 78.6 Å². The Labute approximate surface area is 249 Å². The minimum absolute atomic E-state index is 0.0128. The summed E-state index contributed by atoms with van der Waals surface area (Å²) in [7, 11) is 0. The standard InChI is InChI=1S/C30H24N4O2S4/c1-19(35)20-12-14-22(15-13-20)31-29(37)32-23-9-5-10-24(17-23)40-27(21-7-3-2-4-8-21)28(36)34-30-33-25(18-39-30)26-11-6-16-38-26/h2-18,27H,1H3,(H2,31,32,37)(H,33,34,36). The van der Waals surface area contributed by atoms with Crippen molar-refractivity contribution in [3.63, 3.8) is 0 Å². The molecule has 0 spiro atoms. The molecule has 6 nitrogen and oxygen atoms in total. The quantitative estimate of drug-likeness (QED) is 0.0891. The van der Waals surface area contributed by atoms with E-state index in [1.165, 1.54) is 30.0 Å². The smallest absolute Gasteiger partial charge is 0.244 e. The summed E-state index contributed by atoms with van der Waals surface area (Å²) in [5.41, 5.74) is 3.96. The van der Waals surface area contributed by atoms with E-state index < -0.39 is 5.25 Å². The summed E-state index contributed by atoms with van der Waals surface area (Å²) in [6, 6.07) is 28.6. The number of thiophene rings is 1. The van der Waals surface area contributed by atoms with Crippen molar-refractivity contribution in [1.82, 2.24) is 4.98 Å². The molecule has 3 aromatic carbocycles. The van der Waals surface area contributed by atoms with Crippen LogP contribution in [0.15, 0.2) is 107 Å². The van der Waals surface area contributed by atoms with Crippen molar-refractivity contribution in [2.75, 3.05) is 16.0 Å². The van der Waals surface area contributed by atoms with Crippen molar-refractivity contribution in [2.45, 2.75) is 17.1 Å². The number of amides is 1. The van der Waals surface area contributed by atoms with E-state index in [1.54, 1.807) is 23.5 Å². The SMILES string of the molecule is CC(=O)c1ccc(NC(=S)Nc2cccc(SC(C(=O)Nc3nc(-c4cccs4)cs3)c3ccccc3)c2)cc1. The van der Waals surface area contributed by atoms with Crippen LogP contribution in [0.2, 0.25) is 0 Å². The van der Waals surface area contributed by atoms with Gasteiger partial charge < -0.3 is 16.0 Å². The number of ketones is 1. The average Bonchev–Trinajstić information content (AvgIpc) is 3.65. The number of anilines is 3. The number of carbonyl (C=O) groups excluding carboxylic acids is 2. The van der Waals surface area contributed by atoms with Gasteiger partial charge in [0.05, 0.1) is 10.6 Å². The summed E-state index contributed by atoms with van der Waals surface area (Å²) in [6.45, 7) is 1.53. The van der Waals surface area contributed by atoms with E-state index in [0.717, 1.165) is 32.4 Å². The van der Waals surface area contributed by atoms with Crippen LogP contribution in [0, 0.1) is 0 Å². The molecule has 0 aliphatic heterocycles. The zero-order chi connectivity index (χ0) is 27.9. The first-order valence-corrected chi connectivity index (χ1v) is 15.3. The predicted molar refractivity (Wildman–Crippen MR) is 172 cm³/mol. The van der Waals surface area contributed by atoms with Crippen LogP contribution in [0.4, 0.5) is 16.5 Å². The van der Waals surface area contributed by atoms with E-state index in [-0.39, 0.29) is 11.7 Å². The topological polar surface area (TPSA) is 83.1 Å². The minimum Gasteiger partial charge on any atom is -0.332 e. The van der Waals surface area contributed by atoms with Gasteiger partial charge in [0.2, 0.25) is 5.91 Å². The van der Waals surface area contributed by atoms with Crippen LogP contribution >= 0.6 is 46.7 Å². The summed E-state index contributed by atoms with van der Waals surface area (Å²) in [4.78, 5) is 31.6. The second-order valence-corrected chi connectivity index (χ2v) is 12.0. The Morgan fingerprint density at radius 1 is 0.850 bits per heavy atom. The number of hydrogen-bond donors (Lipinski definition) is 3. The molecule has 5 rings (SSSR count). The number of nitrogens with one attached hydrogen (secondary N) is 3. The van der Waals surface area contributed by atoms with Gasteiger partial charge in [0.1, 0.15) is 5.25 Å². The number of carbonyl (C=O) groups is 2. The van der Waals surface area contributed by atoms with E-state index in [9.17, 15) is 9.59 Å². The third-order valence-corrected chi connectivity index (χ3v) is 8.85. The fourth-order valence-electron chi connectivity index (χ4n) is 3.81. The Morgan fingerprint density at radius 2 is 1.62 bits per heavy atom. The zero-order valence-electron chi connectivity index (χ0n) is 21.3. The van der Waals surface area contributed by atoms with Gasteiger partial charge >= 0.3 is 0 Å². The fourth-order valence-corrected chi connectivity index (χ4v) is 6.60. The largest absolute Gasteiger partial charge is 0.332 e. The molecule has 0 radical (unpaired) electrons. The van der Waals surface area contributed by atoms with Crippen molar-refractivity contribution >= 4 is 80.0 Å². The van der Waals surface area contributed by atoms with Crippen molar-refractivity contribution in [3.8, 4) is 10.6 Å². The van der Waals surface area contributed by atoms with Crippen LogP contribution in [0.3, 0.4) is 0 Å². The van der Waals surface area contributed by atoms with E-state index in [2.05, 4.69) is 20.9 Å². The Hall–Kier alpha value is -3.83. The highest BCUT2D eigenvalue weighted by Gasteiger charge is 2.23. The molecular formula is C30H24N4O2S4. The number of hydrogen-bond acceptors (Lipinski definition) is 7. The zero-order valence-corrected chi connectivity index (χ0v) is 24.6. The second-order valence-electron chi connectivity index (χ2n) is 8.65. The maximum absolute atomic E-state index is 13.5. The molecule has 10 heteroatoms. The summed E-state index contributed by atoms with van der Waals surface area (Å²) in [6.07, 6.45) is 0. The van der Waals surface area contributed by atoms with Gasteiger partial charge in [0.25, 0.3) is 0 Å². The third-order valence-electron chi connectivity index (χ3n) is 5.74. The van der Waals surface area contributed by atoms with Crippen LogP contribution in [-0.2, 0) is 4.79 Å². The third kappa shape index (κ3) is 7.22. The number of nitrogens with zero attached hydrogens (tertiary/aromatic N) is 1. The number of aromatic nitrogens is 1. The number of benzene rings is 3. The average molecular weight is 601 g/mol. The monoisotopic (exact) mass is 600 g/mol. The lowest BCUT2D eigenvalue weighted by Gasteiger charge is -2.17. The summed E-state index contributed by atoms with van der Waals surface area (Å²) in [5, 5.41) is 13.8. The van der Waals surface area contributed by atoms with Crippen LogP contribution < -0.4 is 16.0 Å². The second kappa shape index (κ2) is 13.0. The van der Waals surface area contributed by atoms with Gasteiger partial charge in [-0.25, -0.2) is 4.98 Å². The summed E-state index contributed by atoms with van der Waals surface area (Å²) >= 11 is 9.97. The molecule has 0 saturated carbocycles. The molecule has 5 aromatic rings. The first-order chi connectivity index (χ1) is 19.4. The molecule has 0 aliphatic rings. The van der Waals surface area contributed by atoms with E-state index in [0.29, 0.717) is 15.8 Å². The molecule has 1 atom stereocenters. The van der Waals surface area contributed by atoms with Crippen LogP contribution in [0.5, 0.6) is 0 Å². The Bertz CT molecular complexity index is 1620. The molecule has 0 saturated heterocycles. The number of rotatable bonds is 9. The van der Waals surface area contributed by atoms with E-state index in [1.807, 2.05) is 89.6 Å². The fraction of sp³-hybridized carbons (Fsp3) is 0.0667. The van der Waals surface area contributed by atoms with E-state index in [4.69, 9.17) is 12.2 Å². The van der Waals surface area contributed by atoms with Gasteiger partial charge in [0.15, 0.2) is 16.0 Å². The van der Waals surface area contributed by atoms with Crippen molar-refractivity contribution in [2.24, 2.45) is 0 Å². The summed E-state index contributed by atoms with van der Waals surface area (Å²) in [5.74, 6) is -0.133. The van der Waals surface area contributed by atoms with Gasteiger partial charge in [-0.3, -0.25) is 9.59 Å². The van der Waals surface area contributed by atoms with Gasteiger partial charge in [-0.2, -0.15) is 0 Å². The molecule has 1 amide bonds. The maximum Gasteiger partial charge on any atom is 0.244 e. The van der Waals surface area contributed by atoms with Gasteiger partial charge in [0, 0.05) is 27.2 Å². The molecule has 0 aliphatic carbocycles. The lowest BCUT2D eigenvalue weighted by atomic mass is 10.1. The first-order valence-electron chi connectivity index (χ1n) is 12.3. The molecule has 40 heavy (non-hydrogen) atoms. The molecule has 1 unspecified atom stereocenters. The van der Waals surface area contributed by atoms with Gasteiger partial charge in [-0.1, -0.05) is 42.5 Å². The molecule has 0 fully saturated rings.